The molecule has 1 aromatic rings. The smallest absolute Gasteiger partial charge is 0.240 e. The van der Waals surface area contributed by atoms with E-state index in [-0.39, 0.29) is 5.91 Å². The molecule has 0 unspecified atom stereocenters. The van der Waals surface area contributed by atoms with Crippen molar-refractivity contribution in [3.8, 4) is 0 Å². The first-order chi connectivity index (χ1) is 8.15. The highest BCUT2D eigenvalue weighted by atomic mass is 32.1. The summed E-state index contributed by atoms with van der Waals surface area (Å²) in [7, 11) is 0. The molecule has 0 saturated heterocycles. The van der Waals surface area contributed by atoms with Gasteiger partial charge in [0.05, 0.1) is 10.4 Å². The first-order valence-electron chi connectivity index (χ1n) is 5.85. The highest BCUT2D eigenvalue weighted by Crippen LogP contribution is 2.49. The van der Waals surface area contributed by atoms with Gasteiger partial charge in [0.1, 0.15) is 0 Å². The van der Waals surface area contributed by atoms with Gasteiger partial charge in [-0.3, -0.25) is 4.79 Å². The lowest BCUT2D eigenvalue weighted by molar-refractivity contribution is -0.121. The molecule has 3 rings (SSSR count). The average molecular weight is 246 g/mol. The molecule has 1 aliphatic heterocycles. The maximum Gasteiger partial charge on any atom is 0.240 e. The summed E-state index contributed by atoms with van der Waals surface area (Å²) < 4.78 is 0. The van der Waals surface area contributed by atoms with Crippen molar-refractivity contribution in [2.24, 2.45) is 11.1 Å². The van der Waals surface area contributed by atoms with Gasteiger partial charge >= 0.3 is 0 Å². The Morgan fingerprint density at radius 2 is 2.06 bits per heavy atom. The van der Waals surface area contributed by atoms with E-state index in [4.69, 9.17) is 18.0 Å². The summed E-state index contributed by atoms with van der Waals surface area (Å²) in [6, 6.07) is 8.04. The number of nitrogens with two attached hydrogens (primary N) is 1. The lowest BCUT2D eigenvalue weighted by Crippen LogP contribution is -2.42. The van der Waals surface area contributed by atoms with Gasteiger partial charge in [-0.15, -0.1) is 0 Å². The lowest BCUT2D eigenvalue weighted by atomic mass is 10.1. The predicted octanol–water partition coefficient (Wildman–Crippen LogP) is 1.64. The summed E-state index contributed by atoms with van der Waals surface area (Å²) in [5.41, 5.74) is 7.43. The molecule has 1 heterocycles. The van der Waals surface area contributed by atoms with Crippen LogP contribution < -0.4 is 10.6 Å². The molecule has 0 radical (unpaired) electrons. The zero-order valence-electron chi connectivity index (χ0n) is 9.48. The van der Waals surface area contributed by atoms with Gasteiger partial charge in [0, 0.05) is 12.2 Å². The van der Waals surface area contributed by atoms with Gasteiger partial charge in [-0.25, -0.2) is 0 Å². The highest BCUT2D eigenvalue weighted by molar-refractivity contribution is 7.80. The molecule has 88 valence electrons. The quantitative estimate of drug-likeness (QED) is 0.807. The van der Waals surface area contributed by atoms with Crippen molar-refractivity contribution in [2.45, 2.75) is 19.3 Å². The topological polar surface area (TPSA) is 46.3 Å². The number of nitrogens with zero attached hydrogens (tertiary/aromatic N) is 1. The van der Waals surface area contributed by atoms with Crippen molar-refractivity contribution in [3.63, 3.8) is 0 Å². The Morgan fingerprint density at radius 1 is 1.35 bits per heavy atom. The molecule has 2 aliphatic rings. The van der Waals surface area contributed by atoms with Crippen LogP contribution in [0.4, 0.5) is 5.69 Å². The molecule has 0 aromatic heterocycles. The number of benzene rings is 1. The number of para-hydroxylation sites is 1. The van der Waals surface area contributed by atoms with Crippen LogP contribution in [-0.4, -0.2) is 17.4 Å². The normalized spacial score (nSPS) is 19.9. The number of thiocarbonyl (C=S) groups is 1. The van der Waals surface area contributed by atoms with Crippen LogP contribution >= 0.6 is 12.2 Å². The first-order valence-corrected chi connectivity index (χ1v) is 6.26. The summed E-state index contributed by atoms with van der Waals surface area (Å²) in [6.45, 7) is 0.753. The fourth-order valence-electron chi connectivity index (χ4n) is 2.50. The van der Waals surface area contributed by atoms with Crippen molar-refractivity contribution in [3.05, 3.63) is 29.8 Å². The minimum atomic E-state index is -0.535. The van der Waals surface area contributed by atoms with Gasteiger partial charge in [0.15, 0.2) is 0 Å². The van der Waals surface area contributed by atoms with Crippen LogP contribution in [0.25, 0.3) is 0 Å². The second-order valence-corrected chi connectivity index (χ2v) is 5.22. The van der Waals surface area contributed by atoms with E-state index in [1.807, 2.05) is 23.1 Å². The molecule has 0 spiro atoms. The molecular weight excluding hydrogens is 232 g/mol. The van der Waals surface area contributed by atoms with Crippen LogP contribution in [0.15, 0.2) is 24.3 Å². The number of rotatable bonds is 2. The summed E-state index contributed by atoms with van der Waals surface area (Å²) in [6.07, 6.45) is 2.54. The Bertz CT molecular complexity index is 508. The van der Waals surface area contributed by atoms with Crippen molar-refractivity contribution < 1.29 is 4.79 Å². The predicted molar refractivity (Wildman–Crippen MR) is 71.0 cm³/mol. The molecule has 3 nitrogen and oxygen atoms in total. The molecule has 1 saturated carbocycles. The Balaban J connectivity index is 1.93. The summed E-state index contributed by atoms with van der Waals surface area (Å²) in [5, 5.41) is 0. The fraction of sp³-hybridized carbons (Fsp3) is 0.385. The van der Waals surface area contributed by atoms with Crippen LogP contribution in [0.2, 0.25) is 0 Å². The summed E-state index contributed by atoms with van der Waals surface area (Å²) in [4.78, 5) is 14.7. The Morgan fingerprint density at radius 3 is 2.71 bits per heavy atom. The lowest BCUT2D eigenvalue weighted by Gasteiger charge is -2.22. The van der Waals surface area contributed by atoms with Crippen molar-refractivity contribution >= 4 is 28.8 Å². The number of anilines is 1. The Labute approximate surface area is 106 Å². The fourth-order valence-corrected chi connectivity index (χ4v) is 2.79. The molecule has 2 N–H and O–H groups in total. The standard InChI is InChI=1S/C13H14N2OS/c14-11(17)13(6-7-13)12(16)15-8-5-9-3-1-2-4-10(9)15/h1-4H,5-8H2,(H2,14,17). The van der Waals surface area contributed by atoms with Crippen molar-refractivity contribution in [2.75, 3.05) is 11.4 Å². The molecule has 17 heavy (non-hydrogen) atoms. The zero-order valence-corrected chi connectivity index (χ0v) is 10.3. The van der Waals surface area contributed by atoms with Crippen LogP contribution in [0.3, 0.4) is 0 Å². The minimum absolute atomic E-state index is 0.0925. The molecule has 0 bridgehead atoms. The third kappa shape index (κ3) is 1.47. The molecule has 0 atom stereocenters. The van der Waals surface area contributed by atoms with E-state index in [0.717, 1.165) is 31.5 Å². The van der Waals surface area contributed by atoms with Gasteiger partial charge in [-0.1, -0.05) is 30.4 Å². The van der Waals surface area contributed by atoms with E-state index in [9.17, 15) is 4.79 Å². The number of carbonyl (C=O) groups is 1. The van der Waals surface area contributed by atoms with E-state index in [0.29, 0.717) is 4.99 Å². The van der Waals surface area contributed by atoms with Crippen molar-refractivity contribution in [1.82, 2.24) is 0 Å². The number of fused-ring (bicyclic) bond motifs is 1. The summed E-state index contributed by atoms with van der Waals surface area (Å²) in [5.74, 6) is 0.0925. The van der Waals surface area contributed by atoms with E-state index in [1.54, 1.807) is 0 Å². The second kappa shape index (κ2) is 3.53. The van der Waals surface area contributed by atoms with Gasteiger partial charge in [0.25, 0.3) is 0 Å². The van der Waals surface area contributed by atoms with Gasteiger partial charge in [-0.2, -0.15) is 0 Å². The monoisotopic (exact) mass is 246 g/mol. The van der Waals surface area contributed by atoms with Crippen molar-refractivity contribution in [1.29, 1.82) is 0 Å². The molecule has 1 aromatic carbocycles. The number of carbonyl (C=O) groups excluding carboxylic acids is 1. The molecule has 4 heteroatoms. The zero-order chi connectivity index (χ0) is 12.0. The van der Waals surface area contributed by atoms with Crippen LogP contribution in [-0.2, 0) is 11.2 Å². The molecule has 1 aliphatic carbocycles. The van der Waals surface area contributed by atoms with Crippen LogP contribution in [0.1, 0.15) is 18.4 Å². The van der Waals surface area contributed by atoms with Crippen LogP contribution in [0, 0.1) is 5.41 Å². The molecule has 1 amide bonds. The van der Waals surface area contributed by atoms with Crippen LogP contribution in [0.5, 0.6) is 0 Å². The van der Waals surface area contributed by atoms with Gasteiger partial charge < -0.3 is 10.6 Å². The van der Waals surface area contributed by atoms with E-state index in [2.05, 4.69) is 6.07 Å². The first kappa shape index (κ1) is 10.7. The maximum absolute atomic E-state index is 12.5. The van der Waals surface area contributed by atoms with E-state index in [1.165, 1.54) is 5.56 Å². The third-order valence-corrected chi connectivity index (χ3v) is 4.15. The van der Waals surface area contributed by atoms with E-state index >= 15 is 0 Å². The summed E-state index contributed by atoms with van der Waals surface area (Å²) >= 11 is 5.03. The maximum atomic E-state index is 12.5. The average Bonchev–Trinajstić information content (AvgIpc) is 3.03. The van der Waals surface area contributed by atoms with Gasteiger partial charge in [0.2, 0.25) is 5.91 Å². The molecule has 1 fully saturated rings. The second-order valence-electron chi connectivity index (χ2n) is 4.78. The van der Waals surface area contributed by atoms with Gasteiger partial charge in [-0.05, 0) is 30.9 Å². The largest absolute Gasteiger partial charge is 0.392 e. The Kier molecular flexibility index (Phi) is 2.23. The highest BCUT2D eigenvalue weighted by Gasteiger charge is 2.55. The minimum Gasteiger partial charge on any atom is -0.392 e. The number of hydrogen-bond donors (Lipinski definition) is 1. The Hall–Kier alpha value is -1.42. The number of amides is 1. The third-order valence-electron chi connectivity index (χ3n) is 3.76. The SMILES string of the molecule is NC(=S)C1(C(=O)N2CCc3ccccc32)CC1. The molecular formula is C13H14N2OS. The number of hydrogen-bond acceptors (Lipinski definition) is 2. The van der Waals surface area contributed by atoms with E-state index < -0.39 is 5.41 Å².